The van der Waals surface area contributed by atoms with Gasteiger partial charge in [-0.05, 0) is 12.1 Å². The summed E-state index contributed by atoms with van der Waals surface area (Å²) >= 11 is 0. The smallest absolute Gasteiger partial charge is 0.409 e. The third-order valence-electron chi connectivity index (χ3n) is 3.67. The summed E-state index contributed by atoms with van der Waals surface area (Å²) in [6.07, 6.45) is 0.216. The van der Waals surface area contributed by atoms with Gasteiger partial charge in [0.15, 0.2) is 0 Å². The van der Waals surface area contributed by atoms with Crippen LogP contribution in [0.2, 0.25) is 0 Å². The van der Waals surface area contributed by atoms with Gasteiger partial charge >= 0.3 is 6.09 Å². The summed E-state index contributed by atoms with van der Waals surface area (Å²) in [7, 11) is -1.28. The number of rotatable bonds is 5. The van der Waals surface area contributed by atoms with Gasteiger partial charge in [0.05, 0.1) is 7.11 Å². The summed E-state index contributed by atoms with van der Waals surface area (Å²) < 4.78 is 22.8. The second-order valence-electron chi connectivity index (χ2n) is 5.44. The highest BCUT2D eigenvalue weighted by Gasteiger charge is 2.24. The number of ether oxygens (including phenoxy) is 1. The second-order valence-corrected chi connectivity index (χ2v) is 8.10. The second kappa shape index (κ2) is 7.65. The summed E-state index contributed by atoms with van der Waals surface area (Å²) in [5, 5.41) is 0. The van der Waals surface area contributed by atoms with E-state index in [0.29, 0.717) is 31.5 Å². The van der Waals surface area contributed by atoms with Crippen molar-refractivity contribution in [3.05, 3.63) is 30.3 Å². The maximum Gasteiger partial charge on any atom is 0.409 e. The van der Waals surface area contributed by atoms with Crippen LogP contribution in [0, 0.1) is 0 Å². The lowest BCUT2D eigenvalue weighted by Crippen LogP contribution is -2.49. The van der Waals surface area contributed by atoms with Gasteiger partial charge in [0.25, 0.3) is 0 Å². The van der Waals surface area contributed by atoms with E-state index in [9.17, 15) is 9.36 Å². The predicted molar refractivity (Wildman–Crippen MR) is 85.9 cm³/mol. The molecule has 7 heteroatoms. The Morgan fingerprint density at radius 2 is 1.82 bits per heavy atom. The molecule has 1 aliphatic rings. The largest absolute Gasteiger partial charge is 0.453 e. The first-order chi connectivity index (χ1) is 10.5. The van der Waals surface area contributed by atoms with E-state index < -0.39 is 7.37 Å². The molecule has 0 aliphatic carbocycles. The lowest BCUT2D eigenvalue weighted by molar-refractivity contribution is 0.0928. The third kappa shape index (κ3) is 5.04. The number of hydrogen-bond acceptors (Lipinski definition) is 5. The Morgan fingerprint density at radius 1 is 1.18 bits per heavy atom. The fraction of sp³-hybridized carbons (Fsp3) is 0.533. The minimum absolute atomic E-state index is 0.284. The van der Waals surface area contributed by atoms with Crippen molar-refractivity contribution in [2.75, 3.05) is 52.7 Å². The van der Waals surface area contributed by atoms with E-state index in [1.54, 1.807) is 11.6 Å². The van der Waals surface area contributed by atoms with Crippen molar-refractivity contribution in [2.45, 2.75) is 0 Å². The Kier molecular flexibility index (Phi) is 5.86. The summed E-state index contributed by atoms with van der Waals surface area (Å²) in [6, 6.07) is 9.24. The maximum atomic E-state index is 12.5. The molecular weight excluding hydrogens is 303 g/mol. The Morgan fingerprint density at radius 3 is 2.41 bits per heavy atom. The first-order valence-electron chi connectivity index (χ1n) is 7.36. The van der Waals surface area contributed by atoms with Crippen LogP contribution in [0.5, 0.6) is 5.75 Å². The molecule has 1 heterocycles. The van der Waals surface area contributed by atoms with Crippen LogP contribution in [-0.2, 0) is 9.30 Å². The number of nitrogens with zero attached hydrogens (tertiary/aromatic N) is 2. The highest BCUT2D eigenvalue weighted by atomic mass is 31.2. The van der Waals surface area contributed by atoms with Crippen molar-refractivity contribution >= 4 is 13.5 Å². The number of methoxy groups -OCH3 is 1. The molecule has 1 aromatic rings. The summed E-state index contributed by atoms with van der Waals surface area (Å²) in [4.78, 5) is 15.3. The van der Waals surface area contributed by atoms with Gasteiger partial charge in [0.2, 0.25) is 7.37 Å². The minimum Gasteiger partial charge on any atom is -0.453 e. The van der Waals surface area contributed by atoms with Gasteiger partial charge in [-0.2, -0.15) is 0 Å². The van der Waals surface area contributed by atoms with E-state index in [1.165, 1.54) is 7.11 Å². The Balaban J connectivity index is 1.76. The van der Waals surface area contributed by atoms with Gasteiger partial charge in [0, 0.05) is 45.6 Å². The number of amides is 1. The van der Waals surface area contributed by atoms with E-state index >= 15 is 0 Å². The minimum atomic E-state index is -2.67. The number of piperazine rings is 1. The van der Waals surface area contributed by atoms with Crippen LogP contribution in [0.15, 0.2) is 30.3 Å². The van der Waals surface area contributed by atoms with Gasteiger partial charge < -0.3 is 14.2 Å². The van der Waals surface area contributed by atoms with Crippen LogP contribution < -0.4 is 4.52 Å². The third-order valence-corrected chi connectivity index (χ3v) is 5.28. The molecule has 0 aromatic heterocycles. The van der Waals surface area contributed by atoms with Crippen LogP contribution in [0.1, 0.15) is 0 Å². The zero-order valence-corrected chi connectivity index (χ0v) is 14.0. The zero-order valence-electron chi connectivity index (χ0n) is 13.1. The molecule has 0 bridgehead atoms. The average Bonchev–Trinajstić information content (AvgIpc) is 2.53. The SMILES string of the molecule is COC(=O)N1CCN(CCP(C)(=O)Oc2ccccc2)CC1. The molecule has 122 valence electrons. The molecule has 1 fully saturated rings. The highest BCUT2D eigenvalue weighted by Crippen LogP contribution is 2.42. The van der Waals surface area contributed by atoms with Crippen molar-refractivity contribution in [1.82, 2.24) is 9.80 Å². The quantitative estimate of drug-likeness (QED) is 0.778. The van der Waals surface area contributed by atoms with Crippen molar-refractivity contribution in [3.63, 3.8) is 0 Å². The maximum absolute atomic E-state index is 12.5. The van der Waals surface area contributed by atoms with Crippen molar-refractivity contribution < 1.29 is 18.6 Å². The standard InChI is InChI=1S/C15H23N2O4P/c1-20-15(18)17-10-8-16(9-11-17)12-13-22(2,19)21-14-6-4-3-5-7-14/h3-7H,8-13H2,1-2H3. The van der Waals surface area contributed by atoms with Crippen molar-refractivity contribution in [2.24, 2.45) is 0 Å². The topological polar surface area (TPSA) is 59.1 Å². The summed E-state index contributed by atoms with van der Waals surface area (Å²) in [6.45, 7) is 5.18. The first kappa shape index (κ1) is 16.8. The molecule has 0 radical (unpaired) electrons. The monoisotopic (exact) mass is 326 g/mol. The van der Waals surface area contributed by atoms with E-state index in [4.69, 9.17) is 9.26 Å². The van der Waals surface area contributed by atoms with Crippen LogP contribution in [0.3, 0.4) is 0 Å². The molecule has 1 amide bonds. The number of benzene rings is 1. The van der Waals surface area contributed by atoms with Gasteiger partial charge in [-0.3, -0.25) is 9.46 Å². The van der Waals surface area contributed by atoms with Crippen LogP contribution >= 0.6 is 7.37 Å². The normalized spacial score (nSPS) is 18.5. The molecular formula is C15H23N2O4P. The van der Waals surface area contributed by atoms with Gasteiger partial charge in [-0.1, -0.05) is 18.2 Å². The molecule has 0 N–H and O–H groups in total. The summed E-state index contributed by atoms with van der Waals surface area (Å²) in [5.74, 6) is 0.642. The Bertz CT molecular complexity index is 530. The van der Waals surface area contributed by atoms with E-state index in [-0.39, 0.29) is 6.09 Å². The number of carbonyl (C=O) groups is 1. The molecule has 1 unspecified atom stereocenters. The molecule has 0 saturated carbocycles. The Hall–Kier alpha value is -1.52. The molecule has 22 heavy (non-hydrogen) atoms. The number of carbonyl (C=O) groups excluding carboxylic acids is 1. The fourth-order valence-electron chi connectivity index (χ4n) is 2.36. The zero-order chi connectivity index (χ0) is 16.0. The van der Waals surface area contributed by atoms with E-state index in [0.717, 1.165) is 13.1 Å². The van der Waals surface area contributed by atoms with Gasteiger partial charge in [-0.15, -0.1) is 0 Å². The predicted octanol–water partition coefficient (Wildman–Crippen LogP) is 2.36. The first-order valence-corrected chi connectivity index (χ1v) is 9.62. The van der Waals surface area contributed by atoms with Crippen molar-refractivity contribution in [1.29, 1.82) is 0 Å². The van der Waals surface area contributed by atoms with Gasteiger partial charge in [-0.25, -0.2) is 4.79 Å². The highest BCUT2D eigenvalue weighted by molar-refractivity contribution is 7.58. The molecule has 1 atom stereocenters. The van der Waals surface area contributed by atoms with Crippen LogP contribution in [0.4, 0.5) is 4.79 Å². The number of hydrogen-bond donors (Lipinski definition) is 0. The van der Waals surface area contributed by atoms with E-state index in [1.807, 2.05) is 30.3 Å². The van der Waals surface area contributed by atoms with Crippen molar-refractivity contribution in [3.8, 4) is 5.75 Å². The molecule has 1 saturated heterocycles. The van der Waals surface area contributed by atoms with Crippen LogP contribution in [0.25, 0.3) is 0 Å². The summed E-state index contributed by atoms with van der Waals surface area (Å²) in [5.41, 5.74) is 0. The Labute approximate surface area is 131 Å². The number of para-hydroxylation sites is 1. The molecule has 6 nitrogen and oxygen atoms in total. The molecule has 0 spiro atoms. The average molecular weight is 326 g/mol. The molecule has 1 aliphatic heterocycles. The fourth-order valence-corrected chi connectivity index (χ4v) is 3.66. The lowest BCUT2D eigenvalue weighted by atomic mass is 10.3. The molecule has 1 aromatic carbocycles. The van der Waals surface area contributed by atoms with Gasteiger partial charge in [0.1, 0.15) is 5.75 Å². The van der Waals surface area contributed by atoms with Crippen LogP contribution in [-0.4, -0.2) is 68.6 Å². The van der Waals surface area contributed by atoms with E-state index in [2.05, 4.69) is 4.90 Å². The molecule has 2 rings (SSSR count). The lowest BCUT2D eigenvalue weighted by Gasteiger charge is -2.34.